The molecule has 0 radical (unpaired) electrons. The molecule has 0 aliphatic carbocycles. The normalized spacial score (nSPS) is 13.1. The zero-order valence-electron chi connectivity index (χ0n) is 9.63. The van der Waals surface area contributed by atoms with Gasteiger partial charge in [-0.15, -0.1) is 0 Å². The Balaban J connectivity index is 2.60. The monoisotopic (exact) mass is 348 g/mol. The summed E-state index contributed by atoms with van der Waals surface area (Å²) in [6.07, 6.45) is 0. The summed E-state index contributed by atoms with van der Waals surface area (Å²) in [6.45, 7) is 5.88. The molecule has 1 atom stereocenters. The van der Waals surface area contributed by atoms with Crippen LogP contribution >= 0.6 is 31.9 Å². The van der Waals surface area contributed by atoms with E-state index in [0.717, 1.165) is 15.5 Å². The van der Waals surface area contributed by atoms with Crippen LogP contribution in [-0.2, 0) is 6.54 Å². The molecule has 0 aromatic heterocycles. The van der Waals surface area contributed by atoms with Crippen molar-refractivity contribution in [2.45, 2.75) is 26.4 Å². The standard InChI is InChI=1S/C12H18Br2N2/c1-8(2)12(6-15)16-7-9-3-10(13)5-11(14)4-9/h3-5,8,12,16H,6-7,15H2,1-2H3. The van der Waals surface area contributed by atoms with Gasteiger partial charge in [0.15, 0.2) is 0 Å². The van der Waals surface area contributed by atoms with Crippen LogP contribution in [0.4, 0.5) is 0 Å². The van der Waals surface area contributed by atoms with Crippen LogP contribution < -0.4 is 11.1 Å². The average molecular weight is 350 g/mol. The van der Waals surface area contributed by atoms with Gasteiger partial charge in [-0.1, -0.05) is 45.7 Å². The molecule has 90 valence electrons. The van der Waals surface area contributed by atoms with E-state index in [9.17, 15) is 0 Å². The van der Waals surface area contributed by atoms with Crippen molar-refractivity contribution >= 4 is 31.9 Å². The van der Waals surface area contributed by atoms with E-state index < -0.39 is 0 Å². The van der Waals surface area contributed by atoms with Gasteiger partial charge in [0.05, 0.1) is 0 Å². The molecule has 0 saturated carbocycles. The van der Waals surface area contributed by atoms with Gasteiger partial charge in [0.25, 0.3) is 0 Å². The van der Waals surface area contributed by atoms with Gasteiger partial charge in [-0.2, -0.15) is 0 Å². The maximum absolute atomic E-state index is 5.72. The topological polar surface area (TPSA) is 38.0 Å². The van der Waals surface area contributed by atoms with E-state index in [1.807, 2.05) is 6.07 Å². The molecule has 4 heteroatoms. The van der Waals surface area contributed by atoms with E-state index >= 15 is 0 Å². The van der Waals surface area contributed by atoms with Crippen molar-refractivity contribution in [3.8, 4) is 0 Å². The quantitative estimate of drug-likeness (QED) is 0.856. The molecule has 0 spiro atoms. The average Bonchev–Trinajstić information content (AvgIpc) is 2.16. The Labute approximate surface area is 114 Å². The fourth-order valence-corrected chi connectivity index (χ4v) is 2.94. The fraction of sp³-hybridized carbons (Fsp3) is 0.500. The lowest BCUT2D eigenvalue weighted by atomic mass is 10.0. The van der Waals surface area contributed by atoms with E-state index in [1.165, 1.54) is 5.56 Å². The molecule has 0 amide bonds. The number of hydrogen-bond acceptors (Lipinski definition) is 2. The number of hydrogen-bond donors (Lipinski definition) is 2. The van der Waals surface area contributed by atoms with Crippen molar-refractivity contribution < 1.29 is 0 Å². The summed E-state index contributed by atoms with van der Waals surface area (Å²) in [4.78, 5) is 0. The lowest BCUT2D eigenvalue weighted by Crippen LogP contribution is -2.39. The number of benzene rings is 1. The van der Waals surface area contributed by atoms with Crippen LogP contribution in [0.25, 0.3) is 0 Å². The summed E-state index contributed by atoms with van der Waals surface area (Å²) < 4.78 is 2.18. The molecular formula is C12H18Br2N2. The Morgan fingerprint density at radius 3 is 2.19 bits per heavy atom. The summed E-state index contributed by atoms with van der Waals surface area (Å²) in [5, 5.41) is 3.47. The zero-order valence-corrected chi connectivity index (χ0v) is 12.8. The summed E-state index contributed by atoms with van der Waals surface area (Å²) in [5.41, 5.74) is 6.97. The molecule has 0 aliphatic rings. The van der Waals surface area contributed by atoms with E-state index in [4.69, 9.17) is 5.73 Å². The van der Waals surface area contributed by atoms with Crippen molar-refractivity contribution in [3.63, 3.8) is 0 Å². The maximum Gasteiger partial charge on any atom is 0.0216 e. The molecule has 1 unspecified atom stereocenters. The van der Waals surface area contributed by atoms with Crippen molar-refractivity contribution in [3.05, 3.63) is 32.7 Å². The number of halogens is 2. The highest BCUT2D eigenvalue weighted by molar-refractivity contribution is 9.11. The molecule has 0 aliphatic heterocycles. The van der Waals surface area contributed by atoms with Gasteiger partial charge < -0.3 is 11.1 Å². The second-order valence-corrected chi connectivity index (χ2v) is 6.08. The van der Waals surface area contributed by atoms with Crippen LogP contribution in [-0.4, -0.2) is 12.6 Å². The van der Waals surface area contributed by atoms with Gasteiger partial charge in [0.1, 0.15) is 0 Å². The van der Waals surface area contributed by atoms with E-state index in [1.54, 1.807) is 0 Å². The first-order valence-electron chi connectivity index (χ1n) is 5.41. The highest BCUT2D eigenvalue weighted by atomic mass is 79.9. The number of nitrogens with one attached hydrogen (secondary N) is 1. The smallest absolute Gasteiger partial charge is 0.0216 e. The summed E-state index contributed by atoms with van der Waals surface area (Å²) in [6, 6.07) is 6.64. The SMILES string of the molecule is CC(C)C(CN)NCc1cc(Br)cc(Br)c1. The predicted octanol–water partition coefficient (Wildman–Crippen LogP) is 3.28. The first kappa shape index (κ1) is 14.2. The minimum absolute atomic E-state index is 0.373. The van der Waals surface area contributed by atoms with Crippen LogP contribution in [0.2, 0.25) is 0 Å². The molecule has 1 aromatic rings. The molecule has 1 rings (SSSR count). The van der Waals surface area contributed by atoms with Gasteiger partial charge in [0.2, 0.25) is 0 Å². The Morgan fingerprint density at radius 2 is 1.75 bits per heavy atom. The minimum Gasteiger partial charge on any atom is -0.329 e. The largest absolute Gasteiger partial charge is 0.329 e. The molecule has 1 aromatic carbocycles. The summed E-state index contributed by atoms with van der Waals surface area (Å²) in [5.74, 6) is 0.556. The van der Waals surface area contributed by atoms with Gasteiger partial charge in [0, 0.05) is 28.1 Å². The highest BCUT2D eigenvalue weighted by Gasteiger charge is 2.10. The summed E-state index contributed by atoms with van der Waals surface area (Å²) in [7, 11) is 0. The van der Waals surface area contributed by atoms with Crippen molar-refractivity contribution in [2.24, 2.45) is 11.7 Å². The molecule has 2 nitrogen and oxygen atoms in total. The summed E-state index contributed by atoms with van der Waals surface area (Å²) >= 11 is 6.97. The maximum atomic E-state index is 5.72. The molecule has 3 N–H and O–H groups in total. The first-order chi connectivity index (χ1) is 7.52. The van der Waals surface area contributed by atoms with Crippen molar-refractivity contribution in [1.82, 2.24) is 5.32 Å². The Morgan fingerprint density at radius 1 is 1.19 bits per heavy atom. The third kappa shape index (κ3) is 4.53. The van der Waals surface area contributed by atoms with E-state index in [-0.39, 0.29) is 0 Å². The zero-order chi connectivity index (χ0) is 12.1. The van der Waals surface area contributed by atoms with Crippen LogP contribution in [0.15, 0.2) is 27.1 Å². The van der Waals surface area contributed by atoms with Crippen molar-refractivity contribution in [2.75, 3.05) is 6.54 Å². The molecule has 0 fully saturated rings. The molecule has 0 heterocycles. The molecular weight excluding hydrogens is 332 g/mol. The fourth-order valence-electron chi connectivity index (χ4n) is 1.55. The van der Waals surface area contributed by atoms with Crippen LogP contribution in [0, 0.1) is 5.92 Å². The van der Waals surface area contributed by atoms with Gasteiger partial charge in [-0.25, -0.2) is 0 Å². The van der Waals surface area contributed by atoms with Crippen LogP contribution in [0.5, 0.6) is 0 Å². The number of nitrogens with two attached hydrogens (primary N) is 1. The first-order valence-corrected chi connectivity index (χ1v) is 7.00. The van der Waals surface area contributed by atoms with Gasteiger partial charge in [-0.3, -0.25) is 0 Å². The highest BCUT2D eigenvalue weighted by Crippen LogP contribution is 2.20. The lowest BCUT2D eigenvalue weighted by Gasteiger charge is -2.20. The van der Waals surface area contributed by atoms with Crippen LogP contribution in [0.3, 0.4) is 0 Å². The van der Waals surface area contributed by atoms with Gasteiger partial charge >= 0.3 is 0 Å². The lowest BCUT2D eigenvalue weighted by molar-refractivity contribution is 0.405. The third-order valence-corrected chi connectivity index (χ3v) is 3.47. The number of rotatable bonds is 5. The molecule has 0 saturated heterocycles. The Hall–Kier alpha value is 0.1000. The predicted molar refractivity (Wildman–Crippen MR) is 76.4 cm³/mol. The van der Waals surface area contributed by atoms with Crippen LogP contribution in [0.1, 0.15) is 19.4 Å². The Bertz CT molecular complexity index is 320. The second kappa shape index (κ2) is 6.74. The molecule has 0 bridgehead atoms. The molecule has 16 heavy (non-hydrogen) atoms. The second-order valence-electron chi connectivity index (χ2n) is 4.24. The van der Waals surface area contributed by atoms with Crippen molar-refractivity contribution in [1.29, 1.82) is 0 Å². The minimum atomic E-state index is 0.373. The Kier molecular flexibility index (Phi) is 5.97. The van der Waals surface area contributed by atoms with E-state index in [2.05, 4.69) is 63.2 Å². The van der Waals surface area contributed by atoms with Gasteiger partial charge in [-0.05, 0) is 29.7 Å². The van der Waals surface area contributed by atoms with E-state index in [0.29, 0.717) is 18.5 Å². The third-order valence-electron chi connectivity index (χ3n) is 2.55.